The van der Waals surface area contributed by atoms with Crippen molar-refractivity contribution in [3.63, 3.8) is 0 Å². The molecule has 106 valence electrons. The topological polar surface area (TPSA) is 41.6 Å². The van der Waals surface area contributed by atoms with Gasteiger partial charge in [-0.15, -0.1) is 12.4 Å². The number of methoxy groups -OCH3 is 1. The molecule has 0 unspecified atom stereocenters. The van der Waals surface area contributed by atoms with Crippen molar-refractivity contribution in [2.24, 2.45) is 5.41 Å². The zero-order valence-corrected chi connectivity index (χ0v) is 12.2. The molecule has 2 fully saturated rings. The fraction of sp³-hybridized carbons (Fsp3) is 0.923. The fourth-order valence-electron chi connectivity index (χ4n) is 3.58. The molecule has 4 nitrogen and oxygen atoms in total. The summed E-state index contributed by atoms with van der Waals surface area (Å²) in [6.07, 6.45) is 6.31. The van der Waals surface area contributed by atoms with Crippen LogP contribution in [-0.2, 0) is 9.53 Å². The van der Waals surface area contributed by atoms with E-state index < -0.39 is 0 Å². The number of nitrogens with zero attached hydrogens (tertiary/aromatic N) is 1. The fourth-order valence-corrected chi connectivity index (χ4v) is 3.58. The summed E-state index contributed by atoms with van der Waals surface area (Å²) in [5.74, 6) is 0.230. The molecular formula is C13H25ClN2O2. The zero-order valence-electron chi connectivity index (χ0n) is 11.4. The molecule has 1 saturated heterocycles. The van der Waals surface area contributed by atoms with E-state index in [1.807, 2.05) is 19.1 Å². The average Bonchev–Trinajstić information content (AvgIpc) is 2.72. The third-order valence-electron chi connectivity index (χ3n) is 4.40. The summed E-state index contributed by atoms with van der Waals surface area (Å²) < 4.78 is 5.64. The molecule has 1 spiro atoms. The molecule has 0 radical (unpaired) electrons. The summed E-state index contributed by atoms with van der Waals surface area (Å²) in [5, 5.41) is 2.95. The number of halogens is 1. The van der Waals surface area contributed by atoms with Gasteiger partial charge in [0.1, 0.15) is 0 Å². The number of rotatable bonds is 3. The van der Waals surface area contributed by atoms with Crippen LogP contribution in [0.3, 0.4) is 0 Å². The van der Waals surface area contributed by atoms with Crippen LogP contribution in [0.25, 0.3) is 0 Å². The number of likely N-dealkylation sites (tertiary alicyclic amines) is 1. The van der Waals surface area contributed by atoms with Crippen molar-refractivity contribution in [3.05, 3.63) is 0 Å². The average molecular weight is 277 g/mol. The predicted molar refractivity (Wildman–Crippen MR) is 74.1 cm³/mol. The number of hydrogen-bond acceptors (Lipinski definition) is 3. The first kappa shape index (κ1) is 15.7. The second-order valence-electron chi connectivity index (χ2n) is 5.43. The lowest BCUT2D eigenvalue weighted by Gasteiger charge is -2.43. The SMILES string of the molecule is CNCC(=O)N1CCC[C@]2(CCC[C@H]2OC)C1.Cl. The Morgan fingerprint density at radius 2 is 2.17 bits per heavy atom. The van der Waals surface area contributed by atoms with Crippen molar-refractivity contribution >= 4 is 18.3 Å². The maximum Gasteiger partial charge on any atom is 0.236 e. The number of piperidine rings is 1. The Bertz CT molecular complexity index is 288. The third kappa shape index (κ3) is 2.98. The second-order valence-corrected chi connectivity index (χ2v) is 5.43. The lowest BCUT2D eigenvalue weighted by Crippen LogP contribution is -2.51. The second kappa shape index (κ2) is 6.73. The number of carbonyl (C=O) groups is 1. The highest BCUT2D eigenvalue weighted by molar-refractivity contribution is 5.85. The van der Waals surface area contributed by atoms with E-state index in [0.29, 0.717) is 12.6 Å². The van der Waals surface area contributed by atoms with Crippen LogP contribution in [0.4, 0.5) is 0 Å². The van der Waals surface area contributed by atoms with Crippen molar-refractivity contribution < 1.29 is 9.53 Å². The molecule has 18 heavy (non-hydrogen) atoms. The molecule has 2 rings (SSSR count). The van der Waals surface area contributed by atoms with Gasteiger partial charge in [-0.25, -0.2) is 0 Å². The standard InChI is InChI=1S/C13H24N2O2.ClH/c1-14-9-12(16)15-8-4-7-13(10-15)6-3-5-11(13)17-2;/h11,14H,3-10H2,1-2H3;1H/t11-,13-;/m1./s1. The minimum absolute atomic E-state index is 0. The van der Waals surface area contributed by atoms with Gasteiger partial charge in [-0.1, -0.05) is 6.42 Å². The smallest absolute Gasteiger partial charge is 0.236 e. The molecule has 1 aliphatic carbocycles. The Hall–Kier alpha value is -0.320. The number of likely N-dealkylation sites (N-methyl/N-ethyl adjacent to an activating group) is 1. The molecule has 5 heteroatoms. The van der Waals surface area contributed by atoms with Crippen LogP contribution >= 0.6 is 12.4 Å². The molecule has 1 saturated carbocycles. The van der Waals surface area contributed by atoms with E-state index >= 15 is 0 Å². The van der Waals surface area contributed by atoms with Crippen LogP contribution in [0.2, 0.25) is 0 Å². The molecule has 0 bridgehead atoms. The van der Waals surface area contributed by atoms with E-state index in [0.717, 1.165) is 25.9 Å². The van der Waals surface area contributed by atoms with E-state index in [-0.39, 0.29) is 23.7 Å². The van der Waals surface area contributed by atoms with E-state index in [2.05, 4.69) is 5.32 Å². The van der Waals surface area contributed by atoms with E-state index in [1.165, 1.54) is 19.3 Å². The van der Waals surface area contributed by atoms with E-state index in [1.54, 1.807) is 0 Å². The largest absolute Gasteiger partial charge is 0.381 e. The van der Waals surface area contributed by atoms with Crippen LogP contribution in [-0.4, -0.2) is 50.7 Å². The molecule has 0 aromatic rings. The molecule has 1 N–H and O–H groups in total. The predicted octanol–water partition coefficient (Wildman–Crippen LogP) is 1.44. The summed E-state index contributed by atoms with van der Waals surface area (Å²) in [4.78, 5) is 14.0. The monoisotopic (exact) mass is 276 g/mol. The van der Waals surface area contributed by atoms with Gasteiger partial charge in [-0.05, 0) is 32.7 Å². The van der Waals surface area contributed by atoms with Crippen LogP contribution in [0, 0.1) is 5.41 Å². The maximum absolute atomic E-state index is 12.0. The Labute approximate surface area is 116 Å². The quantitative estimate of drug-likeness (QED) is 0.848. The van der Waals surface area contributed by atoms with Crippen molar-refractivity contribution in [2.45, 2.75) is 38.2 Å². The minimum atomic E-state index is 0. The first-order valence-electron chi connectivity index (χ1n) is 6.67. The van der Waals surface area contributed by atoms with Crippen LogP contribution in [0.15, 0.2) is 0 Å². The molecule has 1 heterocycles. The van der Waals surface area contributed by atoms with Gasteiger partial charge in [-0.2, -0.15) is 0 Å². The summed E-state index contributed by atoms with van der Waals surface area (Å²) in [6.45, 7) is 2.26. The van der Waals surface area contributed by atoms with Gasteiger partial charge in [0.25, 0.3) is 0 Å². The Morgan fingerprint density at radius 3 is 2.83 bits per heavy atom. The molecule has 2 aliphatic rings. The summed E-state index contributed by atoms with van der Waals surface area (Å²) in [5.41, 5.74) is 0.246. The Kier molecular flexibility index (Phi) is 5.89. The molecule has 1 amide bonds. The van der Waals surface area contributed by atoms with Gasteiger partial charge < -0.3 is 15.0 Å². The molecule has 2 atom stereocenters. The first-order valence-corrected chi connectivity index (χ1v) is 6.67. The van der Waals surface area contributed by atoms with Crippen molar-refractivity contribution in [2.75, 3.05) is 33.8 Å². The van der Waals surface area contributed by atoms with Gasteiger partial charge in [0.15, 0.2) is 0 Å². The summed E-state index contributed by atoms with van der Waals surface area (Å²) >= 11 is 0. The van der Waals surface area contributed by atoms with Gasteiger partial charge in [-0.3, -0.25) is 4.79 Å². The van der Waals surface area contributed by atoms with Crippen molar-refractivity contribution in [1.82, 2.24) is 10.2 Å². The van der Waals surface area contributed by atoms with Gasteiger partial charge in [0.2, 0.25) is 5.91 Å². The third-order valence-corrected chi connectivity index (χ3v) is 4.40. The van der Waals surface area contributed by atoms with Gasteiger partial charge in [0.05, 0.1) is 12.6 Å². The minimum Gasteiger partial charge on any atom is -0.381 e. The Morgan fingerprint density at radius 1 is 1.44 bits per heavy atom. The highest BCUT2D eigenvalue weighted by atomic mass is 35.5. The molecule has 0 aromatic carbocycles. The first-order chi connectivity index (χ1) is 8.22. The van der Waals surface area contributed by atoms with Gasteiger partial charge >= 0.3 is 0 Å². The summed E-state index contributed by atoms with van der Waals surface area (Å²) in [7, 11) is 3.64. The zero-order chi connectivity index (χ0) is 12.3. The number of nitrogens with one attached hydrogen (secondary N) is 1. The molecule has 1 aliphatic heterocycles. The lowest BCUT2D eigenvalue weighted by molar-refractivity contribution is -0.136. The molecule has 0 aromatic heterocycles. The highest BCUT2D eigenvalue weighted by Crippen LogP contribution is 2.46. The lowest BCUT2D eigenvalue weighted by atomic mass is 9.76. The normalized spacial score (nSPS) is 31.4. The number of carbonyl (C=O) groups excluding carboxylic acids is 1. The van der Waals surface area contributed by atoms with Crippen molar-refractivity contribution in [1.29, 1.82) is 0 Å². The van der Waals surface area contributed by atoms with E-state index in [4.69, 9.17) is 4.74 Å². The van der Waals surface area contributed by atoms with Gasteiger partial charge in [0, 0.05) is 25.6 Å². The molecular weight excluding hydrogens is 252 g/mol. The number of hydrogen-bond donors (Lipinski definition) is 1. The van der Waals surface area contributed by atoms with E-state index in [9.17, 15) is 4.79 Å². The maximum atomic E-state index is 12.0. The van der Waals surface area contributed by atoms with Crippen LogP contribution in [0.5, 0.6) is 0 Å². The number of ether oxygens (including phenoxy) is 1. The Balaban J connectivity index is 0.00000162. The number of amides is 1. The van der Waals surface area contributed by atoms with Crippen LogP contribution in [0.1, 0.15) is 32.1 Å². The summed E-state index contributed by atoms with van der Waals surface area (Å²) in [6, 6.07) is 0. The van der Waals surface area contributed by atoms with Crippen LogP contribution < -0.4 is 5.32 Å². The van der Waals surface area contributed by atoms with Crippen molar-refractivity contribution in [3.8, 4) is 0 Å². The highest BCUT2D eigenvalue weighted by Gasteiger charge is 2.46.